The molecule has 1 aromatic heterocycles. The zero-order valence-corrected chi connectivity index (χ0v) is 11.6. The molecule has 0 atom stereocenters. The van der Waals surface area contributed by atoms with Gasteiger partial charge in [0.05, 0.1) is 12.9 Å². The Balaban J connectivity index is 1.81. The Kier molecular flexibility index (Phi) is 5.19. The number of nitrogens with one attached hydrogen (secondary N) is 1. The number of ether oxygens (including phenoxy) is 1. The van der Waals surface area contributed by atoms with Crippen LogP contribution in [0.25, 0.3) is 0 Å². The first-order chi connectivity index (χ1) is 9.25. The molecule has 0 aliphatic heterocycles. The van der Waals surface area contributed by atoms with Gasteiger partial charge in [0.25, 0.3) is 0 Å². The van der Waals surface area contributed by atoms with Crippen molar-refractivity contribution in [3.05, 3.63) is 59.5 Å². The molecule has 0 aliphatic carbocycles. The van der Waals surface area contributed by atoms with Crippen LogP contribution in [0.4, 0.5) is 0 Å². The van der Waals surface area contributed by atoms with Gasteiger partial charge in [0.2, 0.25) is 0 Å². The van der Waals surface area contributed by atoms with Gasteiger partial charge < -0.3 is 14.5 Å². The van der Waals surface area contributed by atoms with Crippen molar-refractivity contribution in [3.63, 3.8) is 0 Å². The Hall–Kier alpha value is -1.58. The lowest BCUT2D eigenvalue weighted by Crippen LogP contribution is -2.22. The van der Waals surface area contributed by atoms with E-state index in [1.807, 2.05) is 24.3 Å². The summed E-state index contributed by atoms with van der Waals surface area (Å²) in [5.41, 5.74) is 2.35. The topological polar surface area (TPSA) is 34.4 Å². The maximum atomic E-state index is 5.69. The predicted molar refractivity (Wildman–Crippen MR) is 75.6 cm³/mol. The fourth-order valence-electron chi connectivity index (χ4n) is 1.80. The third kappa shape index (κ3) is 4.54. The van der Waals surface area contributed by atoms with Gasteiger partial charge in [-0.2, -0.15) is 0 Å². The second-order valence-electron chi connectivity index (χ2n) is 4.88. The van der Waals surface area contributed by atoms with Gasteiger partial charge in [0.1, 0.15) is 12.4 Å². The van der Waals surface area contributed by atoms with Gasteiger partial charge >= 0.3 is 0 Å². The van der Waals surface area contributed by atoms with Gasteiger partial charge in [-0.05, 0) is 11.6 Å². The number of benzene rings is 1. The highest BCUT2D eigenvalue weighted by Gasteiger charge is 2.07. The van der Waals surface area contributed by atoms with Gasteiger partial charge in [-0.25, -0.2) is 0 Å². The molecule has 1 N–H and O–H groups in total. The minimum atomic E-state index is 0.466. The molecular weight excluding hydrogens is 238 g/mol. The van der Waals surface area contributed by atoms with E-state index in [4.69, 9.17) is 9.15 Å². The first-order valence-corrected chi connectivity index (χ1v) is 6.66. The molecule has 0 unspecified atom stereocenters. The SMILES string of the molecule is CC(C)NCc1ccoc1COCc1ccccc1. The molecule has 2 aromatic rings. The molecule has 3 nitrogen and oxygen atoms in total. The highest BCUT2D eigenvalue weighted by Crippen LogP contribution is 2.13. The molecule has 0 fully saturated rings. The average molecular weight is 259 g/mol. The molecule has 0 spiro atoms. The molecule has 102 valence electrons. The van der Waals surface area contributed by atoms with Crippen LogP contribution in [0.2, 0.25) is 0 Å². The summed E-state index contributed by atoms with van der Waals surface area (Å²) >= 11 is 0. The summed E-state index contributed by atoms with van der Waals surface area (Å²) in [7, 11) is 0. The van der Waals surface area contributed by atoms with Crippen LogP contribution in [0.3, 0.4) is 0 Å². The third-order valence-corrected chi connectivity index (χ3v) is 2.88. The quantitative estimate of drug-likeness (QED) is 0.826. The molecule has 2 rings (SSSR count). The summed E-state index contributed by atoms with van der Waals surface area (Å²) in [5, 5.41) is 3.38. The first-order valence-electron chi connectivity index (χ1n) is 6.66. The minimum Gasteiger partial charge on any atom is -0.467 e. The zero-order chi connectivity index (χ0) is 13.5. The molecule has 0 saturated carbocycles. The van der Waals surface area contributed by atoms with Crippen molar-refractivity contribution in [1.82, 2.24) is 5.32 Å². The van der Waals surface area contributed by atoms with E-state index >= 15 is 0 Å². The number of furan rings is 1. The van der Waals surface area contributed by atoms with Gasteiger partial charge in [0, 0.05) is 18.2 Å². The normalized spacial score (nSPS) is 11.1. The second kappa shape index (κ2) is 7.12. The number of hydrogen-bond acceptors (Lipinski definition) is 3. The second-order valence-corrected chi connectivity index (χ2v) is 4.88. The van der Waals surface area contributed by atoms with Crippen LogP contribution in [-0.4, -0.2) is 6.04 Å². The smallest absolute Gasteiger partial charge is 0.133 e. The van der Waals surface area contributed by atoms with Crippen molar-refractivity contribution in [2.75, 3.05) is 0 Å². The van der Waals surface area contributed by atoms with Crippen LogP contribution >= 0.6 is 0 Å². The molecule has 0 amide bonds. The highest BCUT2D eigenvalue weighted by molar-refractivity contribution is 5.17. The standard InChI is InChI=1S/C16H21NO2/c1-13(2)17-10-15-8-9-19-16(15)12-18-11-14-6-4-3-5-7-14/h3-9,13,17H,10-12H2,1-2H3. The maximum Gasteiger partial charge on any atom is 0.133 e. The van der Waals surface area contributed by atoms with Crippen molar-refractivity contribution in [2.45, 2.75) is 39.6 Å². The minimum absolute atomic E-state index is 0.466. The van der Waals surface area contributed by atoms with E-state index < -0.39 is 0 Å². The summed E-state index contributed by atoms with van der Waals surface area (Å²) in [6.07, 6.45) is 1.72. The summed E-state index contributed by atoms with van der Waals surface area (Å²) in [4.78, 5) is 0. The van der Waals surface area contributed by atoms with E-state index in [1.165, 1.54) is 11.1 Å². The van der Waals surface area contributed by atoms with E-state index in [0.717, 1.165) is 12.3 Å². The highest BCUT2D eigenvalue weighted by atomic mass is 16.5. The Morgan fingerprint density at radius 3 is 2.63 bits per heavy atom. The molecule has 0 radical (unpaired) electrons. The molecule has 1 heterocycles. The lowest BCUT2D eigenvalue weighted by molar-refractivity contribution is 0.0921. The Morgan fingerprint density at radius 1 is 1.11 bits per heavy atom. The van der Waals surface area contributed by atoms with Gasteiger partial charge in [0.15, 0.2) is 0 Å². The molecule has 1 aromatic carbocycles. The largest absolute Gasteiger partial charge is 0.467 e. The molecule has 3 heteroatoms. The molecular formula is C16H21NO2. The van der Waals surface area contributed by atoms with E-state index in [9.17, 15) is 0 Å². The number of hydrogen-bond donors (Lipinski definition) is 1. The lowest BCUT2D eigenvalue weighted by Gasteiger charge is -2.08. The summed E-state index contributed by atoms with van der Waals surface area (Å²) in [5.74, 6) is 0.907. The molecule has 0 saturated heterocycles. The van der Waals surface area contributed by atoms with Crippen molar-refractivity contribution in [3.8, 4) is 0 Å². The van der Waals surface area contributed by atoms with Gasteiger partial charge in [-0.3, -0.25) is 0 Å². The van der Waals surface area contributed by atoms with E-state index in [2.05, 4.69) is 31.3 Å². The fourth-order valence-corrected chi connectivity index (χ4v) is 1.80. The molecule has 0 aliphatic rings. The summed E-state index contributed by atoms with van der Waals surface area (Å²) in [6.45, 7) is 6.20. The first kappa shape index (κ1) is 13.8. The summed E-state index contributed by atoms with van der Waals surface area (Å²) in [6, 6.07) is 12.6. The van der Waals surface area contributed by atoms with Crippen LogP contribution in [-0.2, 0) is 24.5 Å². The van der Waals surface area contributed by atoms with Crippen molar-refractivity contribution >= 4 is 0 Å². The van der Waals surface area contributed by atoms with Crippen molar-refractivity contribution in [2.24, 2.45) is 0 Å². The predicted octanol–water partition coefficient (Wildman–Crippen LogP) is 3.49. The van der Waals surface area contributed by atoms with Gasteiger partial charge in [-0.1, -0.05) is 44.2 Å². The van der Waals surface area contributed by atoms with E-state index in [1.54, 1.807) is 6.26 Å². The van der Waals surface area contributed by atoms with Crippen LogP contribution in [0.15, 0.2) is 47.1 Å². The van der Waals surface area contributed by atoms with Crippen LogP contribution in [0.5, 0.6) is 0 Å². The monoisotopic (exact) mass is 259 g/mol. The number of rotatable bonds is 7. The fraction of sp³-hybridized carbons (Fsp3) is 0.375. The maximum absolute atomic E-state index is 5.69. The van der Waals surface area contributed by atoms with E-state index in [0.29, 0.717) is 19.3 Å². The Morgan fingerprint density at radius 2 is 1.89 bits per heavy atom. The lowest BCUT2D eigenvalue weighted by atomic mass is 10.2. The van der Waals surface area contributed by atoms with Crippen molar-refractivity contribution in [1.29, 1.82) is 0 Å². The average Bonchev–Trinajstić information content (AvgIpc) is 2.85. The molecule has 0 bridgehead atoms. The van der Waals surface area contributed by atoms with Crippen LogP contribution in [0, 0.1) is 0 Å². The Labute approximate surface area is 114 Å². The van der Waals surface area contributed by atoms with Gasteiger partial charge in [-0.15, -0.1) is 0 Å². The van der Waals surface area contributed by atoms with Crippen molar-refractivity contribution < 1.29 is 9.15 Å². The van der Waals surface area contributed by atoms with Crippen LogP contribution in [0.1, 0.15) is 30.7 Å². The Bertz CT molecular complexity index is 477. The molecule has 19 heavy (non-hydrogen) atoms. The summed E-state index contributed by atoms with van der Waals surface area (Å²) < 4.78 is 11.2. The zero-order valence-electron chi connectivity index (χ0n) is 11.6. The van der Waals surface area contributed by atoms with Crippen LogP contribution < -0.4 is 5.32 Å². The third-order valence-electron chi connectivity index (χ3n) is 2.88. The van der Waals surface area contributed by atoms with E-state index in [-0.39, 0.29) is 0 Å².